The van der Waals surface area contributed by atoms with E-state index in [1.54, 1.807) is 6.92 Å². The second kappa shape index (κ2) is 7.92. The van der Waals surface area contributed by atoms with Crippen molar-refractivity contribution in [2.24, 2.45) is 0 Å². The second-order valence-corrected chi connectivity index (χ2v) is 3.60. The molecule has 94 valence electrons. The van der Waals surface area contributed by atoms with Crippen molar-refractivity contribution in [2.75, 3.05) is 26.7 Å². The van der Waals surface area contributed by atoms with E-state index in [0.717, 1.165) is 13.1 Å². The molecular weight excluding hydrogens is 210 g/mol. The van der Waals surface area contributed by atoms with E-state index >= 15 is 0 Å². The Labute approximate surface area is 96.0 Å². The number of hydrogen-bond donors (Lipinski definition) is 3. The molecule has 0 aliphatic carbocycles. The molecule has 3 N–H and O–H groups in total. The van der Waals surface area contributed by atoms with Gasteiger partial charge in [-0.2, -0.15) is 0 Å². The van der Waals surface area contributed by atoms with Crippen LogP contribution in [0.2, 0.25) is 0 Å². The number of urea groups is 1. The fourth-order valence-electron chi connectivity index (χ4n) is 1.07. The number of rotatable bonds is 7. The van der Waals surface area contributed by atoms with Gasteiger partial charge < -0.3 is 20.6 Å². The normalized spacial score (nSPS) is 12.2. The quantitative estimate of drug-likeness (QED) is 0.580. The van der Waals surface area contributed by atoms with E-state index in [2.05, 4.69) is 15.5 Å². The van der Waals surface area contributed by atoms with Crippen LogP contribution >= 0.6 is 0 Å². The maximum atomic E-state index is 11.3. The Morgan fingerprint density at radius 1 is 1.38 bits per heavy atom. The minimum absolute atomic E-state index is 0.373. The molecule has 16 heavy (non-hydrogen) atoms. The van der Waals surface area contributed by atoms with E-state index in [4.69, 9.17) is 5.11 Å². The van der Waals surface area contributed by atoms with Crippen molar-refractivity contribution in [3.63, 3.8) is 0 Å². The van der Waals surface area contributed by atoms with Crippen LogP contribution in [0.1, 0.15) is 20.3 Å². The summed E-state index contributed by atoms with van der Waals surface area (Å²) in [5.41, 5.74) is 0. The summed E-state index contributed by atoms with van der Waals surface area (Å²) in [5, 5.41) is 13.7. The fourth-order valence-corrected chi connectivity index (χ4v) is 1.07. The van der Waals surface area contributed by atoms with E-state index in [-0.39, 0.29) is 0 Å². The first kappa shape index (κ1) is 14.7. The van der Waals surface area contributed by atoms with Gasteiger partial charge in [0.25, 0.3) is 0 Å². The molecule has 0 aliphatic rings. The summed E-state index contributed by atoms with van der Waals surface area (Å²) in [6.45, 7) is 5.90. The van der Waals surface area contributed by atoms with Crippen molar-refractivity contribution in [1.29, 1.82) is 0 Å². The van der Waals surface area contributed by atoms with Gasteiger partial charge in [-0.1, -0.05) is 13.8 Å². The Kier molecular flexibility index (Phi) is 7.28. The third-order valence-corrected chi connectivity index (χ3v) is 2.33. The molecule has 0 bridgehead atoms. The zero-order chi connectivity index (χ0) is 12.6. The number of likely N-dealkylation sites (N-methyl/N-ethyl adjacent to an activating group) is 1. The molecule has 0 spiro atoms. The van der Waals surface area contributed by atoms with Gasteiger partial charge in [0.2, 0.25) is 0 Å². The third-order valence-electron chi connectivity index (χ3n) is 2.33. The van der Waals surface area contributed by atoms with Crippen molar-refractivity contribution in [1.82, 2.24) is 15.5 Å². The maximum Gasteiger partial charge on any atom is 0.326 e. The number of carboxylic acid groups (broad SMARTS) is 1. The predicted molar refractivity (Wildman–Crippen MR) is 61.4 cm³/mol. The molecule has 0 fully saturated rings. The zero-order valence-electron chi connectivity index (χ0n) is 10.1. The van der Waals surface area contributed by atoms with Crippen LogP contribution in [0.3, 0.4) is 0 Å². The van der Waals surface area contributed by atoms with Gasteiger partial charge in [0.05, 0.1) is 0 Å². The van der Waals surface area contributed by atoms with Crippen molar-refractivity contribution in [3.8, 4) is 0 Å². The highest BCUT2D eigenvalue weighted by atomic mass is 16.4. The van der Waals surface area contributed by atoms with Gasteiger partial charge in [-0.3, -0.25) is 0 Å². The standard InChI is InChI=1S/C10H21N3O3/c1-4-8(9(14)15)12-10(16)11-6-7-13(3)5-2/h8H,4-7H2,1-3H3,(H,14,15)(H2,11,12,16)/t8-/m1/s1. The summed E-state index contributed by atoms with van der Waals surface area (Å²) >= 11 is 0. The monoisotopic (exact) mass is 231 g/mol. The summed E-state index contributed by atoms with van der Waals surface area (Å²) < 4.78 is 0. The Bertz CT molecular complexity index is 233. The van der Waals surface area contributed by atoms with E-state index < -0.39 is 18.0 Å². The number of nitrogens with zero attached hydrogens (tertiary/aromatic N) is 1. The summed E-state index contributed by atoms with van der Waals surface area (Å²) in [6.07, 6.45) is 0.373. The molecule has 0 rings (SSSR count). The first-order valence-corrected chi connectivity index (χ1v) is 5.46. The first-order chi connectivity index (χ1) is 7.51. The lowest BCUT2D eigenvalue weighted by atomic mass is 10.2. The molecule has 1 atom stereocenters. The summed E-state index contributed by atoms with van der Waals surface area (Å²) in [6, 6.07) is -1.25. The van der Waals surface area contributed by atoms with Gasteiger partial charge in [-0.05, 0) is 20.0 Å². The maximum absolute atomic E-state index is 11.3. The number of aliphatic carboxylic acids is 1. The lowest BCUT2D eigenvalue weighted by molar-refractivity contribution is -0.139. The van der Waals surface area contributed by atoms with Crippen LogP contribution in [0, 0.1) is 0 Å². The number of nitrogens with one attached hydrogen (secondary N) is 2. The fraction of sp³-hybridized carbons (Fsp3) is 0.800. The molecule has 0 saturated carbocycles. The average molecular weight is 231 g/mol. The molecule has 0 heterocycles. The van der Waals surface area contributed by atoms with E-state index in [0.29, 0.717) is 13.0 Å². The second-order valence-electron chi connectivity index (χ2n) is 3.60. The Balaban J connectivity index is 3.77. The zero-order valence-corrected chi connectivity index (χ0v) is 10.1. The highest BCUT2D eigenvalue weighted by molar-refractivity contribution is 5.82. The lowest BCUT2D eigenvalue weighted by Gasteiger charge is -2.16. The molecule has 0 unspecified atom stereocenters. The molecule has 0 radical (unpaired) electrons. The smallest absolute Gasteiger partial charge is 0.326 e. The lowest BCUT2D eigenvalue weighted by Crippen LogP contribution is -2.47. The molecule has 6 nitrogen and oxygen atoms in total. The van der Waals surface area contributed by atoms with Crippen molar-refractivity contribution < 1.29 is 14.7 Å². The van der Waals surface area contributed by atoms with Crippen LogP contribution in [-0.2, 0) is 4.79 Å². The molecular formula is C10H21N3O3. The first-order valence-electron chi connectivity index (χ1n) is 5.46. The van der Waals surface area contributed by atoms with Crippen molar-refractivity contribution in [3.05, 3.63) is 0 Å². The molecule has 0 aromatic heterocycles. The molecule has 2 amide bonds. The highest BCUT2D eigenvalue weighted by Gasteiger charge is 2.16. The summed E-state index contributed by atoms with van der Waals surface area (Å²) in [7, 11) is 1.95. The van der Waals surface area contributed by atoms with Crippen LogP contribution in [0.15, 0.2) is 0 Å². The van der Waals surface area contributed by atoms with Gasteiger partial charge >= 0.3 is 12.0 Å². The van der Waals surface area contributed by atoms with Crippen molar-refractivity contribution in [2.45, 2.75) is 26.3 Å². The Morgan fingerprint density at radius 3 is 2.44 bits per heavy atom. The molecule has 6 heteroatoms. The topological polar surface area (TPSA) is 81.7 Å². The number of carbonyl (C=O) groups excluding carboxylic acids is 1. The molecule has 0 aromatic carbocycles. The molecule has 0 saturated heterocycles. The number of amides is 2. The number of carbonyl (C=O) groups is 2. The highest BCUT2D eigenvalue weighted by Crippen LogP contribution is 1.90. The van der Waals surface area contributed by atoms with E-state index in [1.165, 1.54) is 0 Å². The van der Waals surface area contributed by atoms with Crippen LogP contribution in [-0.4, -0.2) is 54.7 Å². The van der Waals surface area contributed by atoms with Gasteiger partial charge in [-0.25, -0.2) is 9.59 Å². The minimum atomic E-state index is -1.01. The summed E-state index contributed by atoms with van der Waals surface area (Å²) in [4.78, 5) is 24.0. The molecule has 0 aliphatic heterocycles. The van der Waals surface area contributed by atoms with Gasteiger partial charge in [0.1, 0.15) is 6.04 Å². The predicted octanol–water partition coefficient (Wildman–Crippen LogP) is 0.101. The van der Waals surface area contributed by atoms with Gasteiger partial charge in [0, 0.05) is 13.1 Å². The minimum Gasteiger partial charge on any atom is -0.480 e. The van der Waals surface area contributed by atoms with Crippen LogP contribution < -0.4 is 10.6 Å². The summed E-state index contributed by atoms with van der Waals surface area (Å²) in [5.74, 6) is -1.01. The Morgan fingerprint density at radius 2 is 2.00 bits per heavy atom. The van der Waals surface area contributed by atoms with E-state index in [1.807, 2.05) is 14.0 Å². The number of hydrogen-bond acceptors (Lipinski definition) is 3. The molecule has 0 aromatic rings. The van der Waals surface area contributed by atoms with Gasteiger partial charge in [-0.15, -0.1) is 0 Å². The average Bonchev–Trinajstić information content (AvgIpc) is 2.25. The van der Waals surface area contributed by atoms with Gasteiger partial charge in [0.15, 0.2) is 0 Å². The SMILES string of the molecule is CC[C@@H](NC(=O)NCCN(C)CC)C(=O)O. The van der Waals surface area contributed by atoms with Crippen LogP contribution in [0.25, 0.3) is 0 Å². The van der Waals surface area contributed by atoms with Crippen molar-refractivity contribution >= 4 is 12.0 Å². The van der Waals surface area contributed by atoms with E-state index in [9.17, 15) is 9.59 Å². The Hall–Kier alpha value is -1.30. The largest absolute Gasteiger partial charge is 0.480 e. The van der Waals surface area contributed by atoms with Crippen LogP contribution in [0.4, 0.5) is 4.79 Å². The van der Waals surface area contributed by atoms with Crippen LogP contribution in [0.5, 0.6) is 0 Å². The number of carboxylic acids is 1. The third kappa shape index (κ3) is 6.23.